The topological polar surface area (TPSA) is 105 Å². The number of hydrogen-bond acceptors (Lipinski definition) is 5. The van der Waals surface area contributed by atoms with Gasteiger partial charge < -0.3 is 10.1 Å². The molecule has 3 heterocycles. The predicted octanol–water partition coefficient (Wildman–Crippen LogP) is 2.69. The summed E-state index contributed by atoms with van der Waals surface area (Å²) in [4.78, 5) is 24.6. The highest BCUT2D eigenvalue weighted by atomic mass is 16.5. The summed E-state index contributed by atoms with van der Waals surface area (Å²) in [5.41, 5.74) is 6.62. The van der Waals surface area contributed by atoms with Gasteiger partial charge in [-0.15, -0.1) is 0 Å². The van der Waals surface area contributed by atoms with Gasteiger partial charge in [-0.05, 0) is 42.2 Å². The van der Waals surface area contributed by atoms with Crippen LogP contribution in [0.4, 0.5) is 0 Å². The minimum atomic E-state index is -0.623. The number of nitrogens with one attached hydrogen (secondary N) is 2. The number of aromatic nitrogens is 2. The Balaban J connectivity index is 1.49. The van der Waals surface area contributed by atoms with Crippen LogP contribution in [-0.2, 0) is 16.0 Å². The molecule has 2 aromatic heterocycles. The van der Waals surface area contributed by atoms with Crippen molar-refractivity contribution in [2.24, 2.45) is 5.92 Å². The zero-order valence-corrected chi connectivity index (χ0v) is 18.2. The first kappa shape index (κ1) is 22.0. The standard InChI is InChI=1S/C24H28N4O4/c1-15(2)22-18(21-5-3-4-11-28(21)26-22)13-16-6-8-17(9-7-16)23(29)25-20-10-12-32-14-19(20)24(30)27-31/h3-9,11,15,19-20,31H,10,12-14H2,1-2H3,(H,25,29)(H,27,30)/t19-,20+/m0/s1. The molecule has 32 heavy (non-hydrogen) atoms. The van der Waals surface area contributed by atoms with Crippen LogP contribution in [0, 0.1) is 5.92 Å². The second-order valence-electron chi connectivity index (χ2n) is 8.45. The Kier molecular flexibility index (Phi) is 6.53. The number of hydroxylamine groups is 1. The first-order valence-electron chi connectivity index (χ1n) is 10.9. The van der Waals surface area contributed by atoms with Crippen molar-refractivity contribution < 1.29 is 19.5 Å². The first-order valence-corrected chi connectivity index (χ1v) is 10.9. The van der Waals surface area contributed by atoms with Crippen molar-refractivity contribution in [3.05, 3.63) is 71.0 Å². The lowest BCUT2D eigenvalue weighted by atomic mass is 9.94. The van der Waals surface area contributed by atoms with Gasteiger partial charge in [-0.3, -0.25) is 14.8 Å². The average molecular weight is 437 g/mol. The van der Waals surface area contributed by atoms with E-state index in [0.717, 1.165) is 23.2 Å². The van der Waals surface area contributed by atoms with Crippen molar-refractivity contribution >= 4 is 17.3 Å². The first-order chi connectivity index (χ1) is 15.5. The lowest BCUT2D eigenvalue weighted by Gasteiger charge is -2.30. The number of carbonyl (C=O) groups is 2. The third-order valence-corrected chi connectivity index (χ3v) is 5.94. The normalized spacial score (nSPS) is 18.6. The Morgan fingerprint density at radius 2 is 2.00 bits per heavy atom. The number of ether oxygens (including phenoxy) is 1. The van der Waals surface area contributed by atoms with Gasteiger partial charge in [0.1, 0.15) is 0 Å². The molecule has 1 aliphatic rings. The molecule has 8 nitrogen and oxygen atoms in total. The maximum absolute atomic E-state index is 12.8. The number of carbonyl (C=O) groups excluding carboxylic acids is 2. The maximum Gasteiger partial charge on any atom is 0.251 e. The van der Waals surface area contributed by atoms with E-state index in [4.69, 9.17) is 15.0 Å². The molecular weight excluding hydrogens is 408 g/mol. The van der Waals surface area contributed by atoms with E-state index in [1.165, 1.54) is 5.56 Å². The summed E-state index contributed by atoms with van der Waals surface area (Å²) in [7, 11) is 0. The van der Waals surface area contributed by atoms with Gasteiger partial charge in [0.25, 0.3) is 11.8 Å². The maximum atomic E-state index is 12.8. The molecule has 1 fully saturated rings. The highest BCUT2D eigenvalue weighted by Gasteiger charge is 2.32. The smallest absolute Gasteiger partial charge is 0.251 e. The molecule has 0 aliphatic carbocycles. The molecular formula is C24H28N4O4. The Hall–Kier alpha value is -3.23. The van der Waals surface area contributed by atoms with E-state index in [9.17, 15) is 9.59 Å². The molecule has 0 radical (unpaired) electrons. The zero-order chi connectivity index (χ0) is 22.7. The van der Waals surface area contributed by atoms with Gasteiger partial charge in [0.2, 0.25) is 0 Å². The number of fused-ring (bicyclic) bond motifs is 1. The van der Waals surface area contributed by atoms with Crippen molar-refractivity contribution in [1.29, 1.82) is 0 Å². The molecule has 3 N–H and O–H groups in total. The Labute approximate surface area is 186 Å². The fourth-order valence-electron chi connectivity index (χ4n) is 4.20. The minimum Gasteiger partial charge on any atom is -0.380 e. The van der Waals surface area contributed by atoms with Crippen molar-refractivity contribution in [2.75, 3.05) is 13.2 Å². The number of benzene rings is 1. The van der Waals surface area contributed by atoms with Gasteiger partial charge in [-0.1, -0.05) is 32.0 Å². The highest BCUT2D eigenvalue weighted by Crippen LogP contribution is 2.25. The van der Waals surface area contributed by atoms with Crippen LogP contribution in [0.25, 0.3) is 5.52 Å². The molecule has 0 bridgehead atoms. The third kappa shape index (κ3) is 4.51. The summed E-state index contributed by atoms with van der Waals surface area (Å²) in [6.45, 7) is 4.89. The van der Waals surface area contributed by atoms with Gasteiger partial charge in [-0.2, -0.15) is 5.10 Å². The highest BCUT2D eigenvalue weighted by molar-refractivity contribution is 5.95. The van der Waals surface area contributed by atoms with E-state index in [0.29, 0.717) is 24.5 Å². The van der Waals surface area contributed by atoms with Gasteiger partial charge in [0.15, 0.2) is 0 Å². The monoisotopic (exact) mass is 436 g/mol. The lowest BCUT2D eigenvalue weighted by Crippen LogP contribution is -2.51. The molecule has 1 aliphatic heterocycles. The summed E-state index contributed by atoms with van der Waals surface area (Å²) in [6, 6.07) is 13.2. The summed E-state index contributed by atoms with van der Waals surface area (Å²) in [5.74, 6) is -1.13. The molecule has 0 spiro atoms. The van der Waals surface area contributed by atoms with Gasteiger partial charge in [-0.25, -0.2) is 10.00 Å². The fraction of sp³-hybridized carbons (Fsp3) is 0.375. The fourth-order valence-corrected chi connectivity index (χ4v) is 4.20. The van der Waals surface area contributed by atoms with Crippen molar-refractivity contribution in [2.45, 2.75) is 38.6 Å². The van der Waals surface area contributed by atoms with E-state index in [1.54, 1.807) is 17.6 Å². The molecule has 1 aromatic carbocycles. The quantitative estimate of drug-likeness (QED) is 0.407. The average Bonchev–Trinajstić information content (AvgIpc) is 3.18. The molecule has 3 aromatic rings. The van der Waals surface area contributed by atoms with Gasteiger partial charge in [0, 0.05) is 36.4 Å². The van der Waals surface area contributed by atoms with Crippen molar-refractivity contribution in [1.82, 2.24) is 20.4 Å². The van der Waals surface area contributed by atoms with Crippen LogP contribution in [0.15, 0.2) is 48.7 Å². The lowest BCUT2D eigenvalue weighted by molar-refractivity contribution is -0.138. The summed E-state index contributed by atoms with van der Waals surface area (Å²) in [6.07, 6.45) is 3.19. The van der Waals surface area contributed by atoms with Crippen LogP contribution < -0.4 is 10.8 Å². The zero-order valence-electron chi connectivity index (χ0n) is 18.2. The predicted molar refractivity (Wildman–Crippen MR) is 119 cm³/mol. The Bertz CT molecular complexity index is 1110. The second-order valence-corrected chi connectivity index (χ2v) is 8.45. The van der Waals surface area contributed by atoms with Crippen LogP contribution in [-0.4, -0.2) is 45.9 Å². The van der Waals surface area contributed by atoms with Crippen LogP contribution in [0.2, 0.25) is 0 Å². The second kappa shape index (κ2) is 9.50. The largest absolute Gasteiger partial charge is 0.380 e. The number of amides is 2. The molecule has 8 heteroatoms. The molecule has 168 valence electrons. The summed E-state index contributed by atoms with van der Waals surface area (Å²) in [5, 5.41) is 16.6. The minimum absolute atomic E-state index is 0.161. The summed E-state index contributed by atoms with van der Waals surface area (Å²) < 4.78 is 7.23. The molecule has 0 unspecified atom stereocenters. The number of pyridine rings is 1. The Morgan fingerprint density at radius 3 is 2.72 bits per heavy atom. The van der Waals surface area contributed by atoms with Gasteiger partial charge in [0.05, 0.1) is 23.7 Å². The summed E-state index contributed by atoms with van der Waals surface area (Å²) >= 11 is 0. The number of nitrogens with zero attached hydrogens (tertiary/aromatic N) is 2. The van der Waals surface area contributed by atoms with Crippen LogP contribution in [0.3, 0.4) is 0 Å². The van der Waals surface area contributed by atoms with Crippen molar-refractivity contribution in [3.8, 4) is 0 Å². The van der Waals surface area contributed by atoms with E-state index < -0.39 is 17.9 Å². The van der Waals surface area contributed by atoms with Crippen LogP contribution in [0.1, 0.15) is 53.4 Å². The van der Waals surface area contributed by atoms with Crippen molar-refractivity contribution in [3.63, 3.8) is 0 Å². The number of hydrogen-bond donors (Lipinski definition) is 3. The van der Waals surface area contributed by atoms with Crippen LogP contribution >= 0.6 is 0 Å². The number of rotatable bonds is 6. The van der Waals surface area contributed by atoms with E-state index in [-0.39, 0.29) is 12.5 Å². The molecule has 1 saturated heterocycles. The third-order valence-electron chi connectivity index (χ3n) is 5.94. The molecule has 0 saturated carbocycles. The van der Waals surface area contributed by atoms with Gasteiger partial charge >= 0.3 is 0 Å². The van der Waals surface area contributed by atoms with Crippen LogP contribution in [0.5, 0.6) is 0 Å². The molecule has 2 amide bonds. The van der Waals surface area contributed by atoms with E-state index in [1.807, 2.05) is 35.0 Å². The SMILES string of the molecule is CC(C)c1nn2ccccc2c1Cc1ccc(C(=O)N[C@@H]2CCOC[C@@H]2C(=O)NO)cc1. The molecule has 4 rings (SSSR count). The Morgan fingerprint density at radius 1 is 1.22 bits per heavy atom. The molecule has 2 atom stereocenters. The van der Waals surface area contributed by atoms with E-state index in [2.05, 4.69) is 25.2 Å². The van der Waals surface area contributed by atoms with E-state index >= 15 is 0 Å².